The Hall–Kier alpha value is -1.33. The Labute approximate surface area is 116 Å². The first-order valence-corrected chi connectivity index (χ1v) is 8.40. The number of nitrogens with zero attached hydrogens (tertiary/aromatic N) is 3. The topological polar surface area (TPSA) is 90.6 Å². The van der Waals surface area contributed by atoms with Gasteiger partial charge in [-0.15, -0.1) is 6.58 Å². The predicted molar refractivity (Wildman–Crippen MR) is 73.4 cm³/mol. The molecule has 0 aromatic heterocycles. The smallest absolute Gasteiger partial charge is 0.262 e. The van der Waals surface area contributed by atoms with Crippen LogP contribution in [0.25, 0.3) is 0 Å². The Morgan fingerprint density at radius 3 is 3.00 bits per heavy atom. The van der Waals surface area contributed by atoms with Gasteiger partial charge in [-0.05, 0) is 0 Å². The van der Waals surface area contributed by atoms with Crippen molar-refractivity contribution in [2.75, 3.05) is 18.1 Å². The van der Waals surface area contributed by atoms with Crippen molar-refractivity contribution >= 4 is 32.7 Å². The molecule has 2 heterocycles. The zero-order valence-corrected chi connectivity index (χ0v) is 11.8. The summed E-state index contributed by atoms with van der Waals surface area (Å²) in [6, 6.07) is 1.60. The van der Waals surface area contributed by atoms with Crippen molar-refractivity contribution in [2.45, 2.75) is 17.7 Å². The molecule has 0 saturated carbocycles. The van der Waals surface area contributed by atoms with Crippen molar-refractivity contribution in [3.05, 3.63) is 12.7 Å². The number of aliphatic imine (C=N–C) groups is 1. The fourth-order valence-electron chi connectivity index (χ4n) is 2.20. The Kier molecular flexibility index (Phi) is 3.96. The van der Waals surface area contributed by atoms with Crippen molar-refractivity contribution in [2.24, 2.45) is 4.99 Å². The molecule has 0 aromatic rings. The molecule has 6 nitrogen and oxygen atoms in total. The van der Waals surface area contributed by atoms with Crippen LogP contribution >= 0.6 is 11.8 Å². The van der Waals surface area contributed by atoms with Gasteiger partial charge in [0, 0.05) is 11.8 Å². The summed E-state index contributed by atoms with van der Waals surface area (Å²) < 4.78 is 23.2. The molecule has 2 atom stereocenters. The fraction of sp³-hybridized carbons (Fsp3) is 0.545. The highest BCUT2D eigenvalue weighted by Crippen LogP contribution is 2.37. The standard InChI is InChI=1S/C11H13N3O3S2/c1-2-5-14-8-6-19(16,17)7-9(8)18-11(14)13-10(15)3-4-12/h2,8-9H,1,3,5-7H2/t8-,9-/m1/s1. The van der Waals surface area contributed by atoms with Crippen LogP contribution < -0.4 is 0 Å². The first-order chi connectivity index (χ1) is 8.96. The second-order valence-corrected chi connectivity index (χ2v) is 7.72. The minimum absolute atomic E-state index is 0.0846. The lowest BCUT2D eigenvalue weighted by Crippen LogP contribution is -2.37. The zero-order valence-electron chi connectivity index (χ0n) is 10.2. The normalized spacial score (nSPS) is 30.1. The number of amidine groups is 1. The highest BCUT2D eigenvalue weighted by molar-refractivity contribution is 8.15. The minimum Gasteiger partial charge on any atom is -0.342 e. The van der Waals surface area contributed by atoms with E-state index in [-0.39, 0.29) is 29.2 Å². The van der Waals surface area contributed by atoms with E-state index in [0.29, 0.717) is 11.7 Å². The Morgan fingerprint density at radius 1 is 1.63 bits per heavy atom. The molecular formula is C11H13N3O3S2. The van der Waals surface area contributed by atoms with Gasteiger partial charge in [0.15, 0.2) is 15.0 Å². The Morgan fingerprint density at radius 2 is 2.37 bits per heavy atom. The number of rotatable bonds is 3. The average Bonchev–Trinajstić information content (AvgIpc) is 2.74. The van der Waals surface area contributed by atoms with Gasteiger partial charge in [0.25, 0.3) is 5.91 Å². The first-order valence-electron chi connectivity index (χ1n) is 5.70. The maximum Gasteiger partial charge on any atom is 0.262 e. The molecule has 0 N–H and O–H groups in total. The number of carbonyl (C=O) groups excluding carboxylic acids is 1. The molecule has 0 spiro atoms. The molecule has 2 rings (SSSR count). The van der Waals surface area contributed by atoms with Crippen LogP contribution in [0.1, 0.15) is 6.42 Å². The number of carbonyl (C=O) groups is 1. The SMILES string of the molecule is C=CCN1C(=NC(=O)CC#N)S[C@@H]2CS(=O)(=O)C[C@H]21. The molecule has 2 aliphatic rings. The van der Waals surface area contributed by atoms with Crippen molar-refractivity contribution < 1.29 is 13.2 Å². The molecule has 2 aliphatic heterocycles. The average molecular weight is 299 g/mol. The summed E-state index contributed by atoms with van der Waals surface area (Å²) in [6.07, 6.45) is 1.39. The van der Waals surface area contributed by atoms with Crippen LogP contribution in [0, 0.1) is 11.3 Å². The van der Waals surface area contributed by atoms with Crippen molar-refractivity contribution in [1.29, 1.82) is 5.26 Å². The van der Waals surface area contributed by atoms with E-state index in [2.05, 4.69) is 11.6 Å². The minimum atomic E-state index is -3.01. The quantitative estimate of drug-likeness (QED) is 0.691. The van der Waals surface area contributed by atoms with Gasteiger partial charge in [-0.25, -0.2) is 8.42 Å². The number of fused-ring (bicyclic) bond motifs is 1. The van der Waals surface area contributed by atoms with E-state index in [9.17, 15) is 13.2 Å². The fourth-order valence-corrected chi connectivity index (χ4v) is 6.18. The van der Waals surface area contributed by atoms with Crippen LogP contribution in [-0.4, -0.2) is 53.7 Å². The molecule has 1 amide bonds. The van der Waals surface area contributed by atoms with E-state index in [1.165, 1.54) is 11.8 Å². The Balaban J connectivity index is 2.22. The third-order valence-electron chi connectivity index (χ3n) is 2.95. The number of thioether (sulfide) groups is 1. The summed E-state index contributed by atoms with van der Waals surface area (Å²) in [5.74, 6) is -0.298. The molecule has 102 valence electrons. The second-order valence-electron chi connectivity index (χ2n) is 4.36. The predicted octanol–water partition coefficient (Wildman–Crippen LogP) is 0.183. The van der Waals surface area contributed by atoms with Crippen LogP contribution in [0.3, 0.4) is 0 Å². The summed E-state index contributed by atoms with van der Waals surface area (Å²) in [5, 5.41) is 8.87. The van der Waals surface area contributed by atoms with E-state index in [1.807, 2.05) is 0 Å². The molecule has 8 heteroatoms. The van der Waals surface area contributed by atoms with Gasteiger partial charge in [0.05, 0.1) is 23.6 Å². The van der Waals surface area contributed by atoms with Gasteiger partial charge in [-0.3, -0.25) is 4.79 Å². The number of sulfone groups is 1. The Bertz CT molecular complexity index is 576. The number of hydrogen-bond acceptors (Lipinski definition) is 5. The maximum absolute atomic E-state index is 11.6. The van der Waals surface area contributed by atoms with Gasteiger partial charge in [-0.1, -0.05) is 17.8 Å². The lowest BCUT2D eigenvalue weighted by Gasteiger charge is -2.22. The molecule has 0 radical (unpaired) electrons. The van der Waals surface area contributed by atoms with Crippen LogP contribution in [0.15, 0.2) is 17.6 Å². The largest absolute Gasteiger partial charge is 0.342 e. The molecule has 0 aliphatic carbocycles. The van der Waals surface area contributed by atoms with Gasteiger partial charge < -0.3 is 4.90 Å². The number of hydrogen-bond donors (Lipinski definition) is 0. The molecule has 0 unspecified atom stereocenters. The summed E-state index contributed by atoms with van der Waals surface area (Å²) in [5.41, 5.74) is 0. The maximum atomic E-state index is 11.6. The summed E-state index contributed by atoms with van der Waals surface area (Å²) in [4.78, 5) is 17.1. The molecule has 2 saturated heterocycles. The second kappa shape index (κ2) is 5.35. The molecular weight excluding hydrogens is 286 g/mol. The lowest BCUT2D eigenvalue weighted by atomic mass is 10.2. The van der Waals surface area contributed by atoms with E-state index >= 15 is 0 Å². The monoisotopic (exact) mass is 299 g/mol. The summed E-state index contributed by atoms with van der Waals surface area (Å²) >= 11 is 1.30. The van der Waals surface area contributed by atoms with Crippen LogP contribution in [0.2, 0.25) is 0 Å². The van der Waals surface area contributed by atoms with E-state index in [0.717, 1.165) is 0 Å². The number of nitriles is 1. The highest BCUT2D eigenvalue weighted by atomic mass is 32.2. The van der Waals surface area contributed by atoms with Crippen LogP contribution in [0.4, 0.5) is 0 Å². The highest BCUT2D eigenvalue weighted by Gasteiger charge is 2.48. The summed E-state index contributed by atoms with van der Waals surface area (Å²) in [6.45, 7) is 4.08. The van der Waals surface area contributed by atoms with Gasteiger partial charge in [-0.2, -0.15) is 10.3 Å². The summed E-state index contributed by atoms with van der Waals surface area (Å²) in [7, 11) is -3.01. The van der Waals surface area contributed by atoms with Crippen molar-refractivity contribution in [3.8, 4) is 6.07 Å². The molecule has 0 aromatic carbocycles. The van der Waals surface area contributed by atoms with Gasteiger partial charge in [0.2, 0.25) is 0 Å². The van der Waals surface area contributed by atoms with Crippen molar-refractivity contribution in [3.63, 3.8) is 0 Å². The lowest BCUT2D eigenvalue weighted by molar-refractivity contribution is -0.116. The zero-order chi connectivity index (χ0) is 14.0. The third kappa shape index (κ3) is 2.98. The third-order valence-corrected chi connectivity index (χ3v) is 6.20. The van der Waals surface area contributed by atoms with Gasteiger partial charge >= 0.3 is 0 Å². The van der Waals surface area contributed by atoms with Gasteiger partial charge in [0.1, 0.15) is 6.42 Å². The number of amides is 1. The first kappa shape index (κ1) is 14.1. The molecule has 19 heavy (non-hydrogen) atoms. The van der Waals surface area contributed by atoms with E-state index in [4.69, 9.17) is 5.26 Å². The van der Waals surface area contributed by atoms with Crippen molar-refractivity contribution in [1.82, 2.24) is 4.90 Å². The molecule has 2 fully saturated rings. The van der Waals surface area contributed by atoms with Crippen LogP contribution in [0.5, 0.6) is 0 Å². The van der Waals surface area contributed by atoms with E-state index < -0.39 is 15.7 Å². The molecule has 0 bridgehead atoms. The van der Waals surface area contributed by atoms with Crippen LogP contribution in [-0.2, 0) is 14.6 Å². The van der Waals surface area contributed by atoms with E-state index in [1.54, 1.807) is 17.0 Å².